The van der Waals surface area contributed by atoms with Gasteiger partial charge in [-0.1, -0.05) is 12.1 Å². The van der Waals surface area contributed by atoms with Crippen molar-refractivity contribution in [3.63, 3.8) is 0 Å². The summed E-state index contributed by atoms with van der Waals surface area (Å²) in [5.74, 6) is 0.859. The number of benzene rings is 1. The van der Waals surface area contributed by atoms with E-state index >= 15 is 0 Å². The first kappa shape index (κ1) is 15.8. The maximum Gasteiger partial charge on any atom is 0.139 e. The summed E-state index contributed by atoms with van der Waals surface area (Å²) in [4.78, 5) is 25.5. The van der Waals surface area contributed by atoms with Crippen LogP contribution >= 0.6 is 0 Å². The number of fused-ring (bicyclic) bond motifs is 2. The van der Waals surface area contributed by atoms with Gasteiger partial charge in [0.25, 0.3) is 0 Å². The summed E-state index contributed by atoms with van der Waals surface area (Å²) >= 11 is 0. The molecule has 1 aliphatic heterocycles. The third-order valence-corrected chi connectivity index (χ3v) is 5.97. The van der Waals surface area contributed by atoms with Gasteiger partial charge in [-0.2, -0.15) is 0 Å². The molecule has 0 N–H and O–H groups in total. The summed E-state index contributed by atoms with van der Waals surface area (Å²) in [5, 5.41) is 0. The minimum Gasteiger partial charge on any atom is -0.497 e. The van der Waals surface area contributed by atoms with Gasteiger partial charge in [0.15, 0.2) is 0 Å². The molecule has 4 atom stereocenters. The van der Waals surface area contributed by atoms with Gasteiger partial charge in [-0.15, -0.1) is 0 Å². The zero-order valence-corrected chi connectivity index (χ0v) is 14.1. The molecule has 0 aromatic heterocycles. The molecule has 2 saturated carbocycles. The van der Waals surface area contributed by atoms with Crippen molar-refractivity contribution in [3.8, 4) is 5.75 Å². The summed E-state index contributed by atoms with van der Waals surface area (Å²) in [7, 11) is 1.65. The second-order valence-electron chi connectivity index (χ2n) is 7.28. The third kappa shape index (κ3) is 2.57. The highest BCUT2D eigenvalue weighted by atomic mass is 16.5. The molecule has 1 aromatic carbocycles. The Bertz CT molecular complexity index is 621. The standard InChI is InChI=1S/C20H24O4/c1-23-13-6-2-5-12(11-13)18-19-14(21)7-3-9-16(19)24-17-10-4-8-15(22)20(17)18/h2,5-6,11,16-20H,3-4,7-10H2,1H3. The van der Waals surface area contributed by atoms with E-state index in [-0.39, 0.29) is 41.5 Å². The first-order valence-corrected chi connectivity index (χ1v) is 9.04. The van der Waals surface area contributed by atoms with Crippen LogP contribution in [0.15, 0.2) is 24.3 Å². The first-order chi connectivity index (χ1) is 11.7. The van der Waals surface area contributed by atoms with Gasteiger partial charge in [0, 0.05) is 18.8 Å². The number of ether oxygens (including phenoxy) is 2. The number of methoxy groups -OCH3 is 1. The van der Waals surface area contributed by atoms with Crippen molar-refractivity contribution in [2.24, 2.45) is 11.8 Å². The molecule has 0 bridgehead atoms. The van der Waals surface area contributed by atoms with Crippen LogP contribution in [0.1, 0.15) is 50.0 Å². The summed E-state index contributed by atoms with van der Waals surface area (Å²) < 4.78 is 11.6. The highest BCUT2D eigenvalue weighted by Crippen LogP contribution is 2.50. The summed E-state index contributed by atoms with van der Waals surface area (Å²) in [6.07, 6.45) is 4.80. The quantitative estimate of drug-likeness (QED) is 0.836. The van der Waals surface area contributed by atoms with E-state index in [9.17, 15) is 9.59 Å². The average Bonchev–Trinajstić information content (AvgIpc) is 2.60. The Balaban J connectivity index is 1.79. The van der Waals surface area contributed by atoms with Gasteiger partial charge in [-0.3, -0.25) is 9.59 Å². The Morgan fingerprint density at radius 3 is 2.17 bits per heavy atom. The van der Waals surface area contributed by atoms with Crippen LogP contribution in [-0.2, 0) is 14.3 Å². The van der Waals surface area contributed by atoms with Crippen molar-refractivity contribution < 1.29 is 19.1 Å². The van der Waals surface area contributed by atoms with E-state index in [0.29, 0.717) is 12.8 Å². The maximum absolute atomic E-state index is 12.7. The van der Waals surface area contributed by atoms with Gasteiger partial charge in [0.05, 0.1) is 31.2 Å². The molecule has 2 aliphatic carbocycles. The van der Waals surface area contributed by atoms with Crippen LogP contribution < -0.4 is 4.74 Å². The predicted octanol–water partition coefficient (Wildman–Crippen LogP) is 3.28. The van der Waals surface area contributed by atoms with E-state index < -0.39 is 0 Å². The van der Waals surface area contributed by atoms with Crippen LogP contribution in [0.2, 0.25) is 0 Å². The van der Waals surface area contributed by atoms with Crippen molar-refractivity contribution in [2.45, 2.75) is 56.7 Å². The van der Waals surface area contributed by atoms with Gasteiger partial charge in [-0.25, -0.2) is 0 Å². The number of carbonyl (C=O) groups is 2. The molecule has 24 heavy (non-hydrogen) atoms. The topological polar surface area (TPSA) is 52.6 Å². The molecule has 3 aliphatic rings. The lowest BCUT2D eigenvalue weighted by molar-refractivity contribution is -0.171. The fraction of sp³-hybridized carbons (Fsp3) is 0.600. The number of hydrogen-bond acceptors (Lipinski definition) is 4. The normalized spacial score (nSPS) is 36.0. The van der Waals surface area contributed by atoms with Crippen LogP contribution in [0.3, 0.4) is 0 Å². The fourth-order valence-electron chi connectivity index (χ4n) is 4.94. The maximum atomic E-state index is 12.7. The predicted molar refractivity (Wildman–Crippen MR) is 89.1 cm³/mol. The lowest BCUT2D eigenvalue weighted by Crippen LogP contribution is -2.54. The van der Waals surface area contributed by atoms with Crippen molar-refractivity contribution in [3.05, 3.63) is 29.8 Å². The zero-order valence-electron chi connectivity index (χ0n) is 14.1. The molecular formula is C20H24O4. The average molecular weight is 328 g/mol. The Kier molecular flexibility index (Phi) is 4.17. The molecular weight excluding hydrogens is 304 g/mol. The molecule has 1 aromatic rings. The van der Waals surface area contributed by atoms with Crippen molar-refractivity contribution in [1.29, 1.82) is 0 Å². The molecule has 1 saturated heterocycles. The Hall–Kier alpha value is -1.68. The summed E-state index contributed by atoms with van der Waals surface area (Å²) in [5.41, 5.74) is 1.05. The van der Waals surface area contributed by atoms with Crippen LogP contribution in [-0.4, -0.2) is 30.9 Å². The van der Waals surface area contributed by atoms with E-state index in [0.717, 1.165) is 37.0 Å². The van der Waals surface area contributed by atoms with Crippen LogP contribution in [0, 0.1) is 11.8 Å². The fourth-order valence-corrected chi connectivity index (χ4v) is 4.94. The van der Waals surface area contributed by atoms with E-state index in [1.54, 1.807) is 7.11 Å². The lowest BCUT2D eigenvalue weighted by atomic mass is 9.62. The highest BCUT2D eigenvalue weighted by molar-refractivity contribution is 5.88. The molecule has 128 valence electrons. The molecule has 1 heterocycles. The van der Waals surface area contributed by atoms with Crippen molar-refractivity contribution in [2.75, 3.05) is 7.11 Å². The minimum absolute atomic E-state index is 0.0328. The van der Waals surface area contributed by atoms with E-state index in [4.69, 9.17) is 9.47 Å². The summed E-state index contributed by atoms with van der Waals surface area (Å²) in [6.45, 7) is 0. The van der Waals surface area contributed by atoms with Gasteiger partial charge in [-0.05, 0) is 43.4 Å². The van der Waals surface area contributed by atoms with Crippen molar-refractivity contribution in [1.82, 2.24) is 0 Å². The van der Waals surface area contributed by atoms with Crippen LogP contribution in [0.4, 0.5) is 0 Å². The monoisotopic (exact) mass is 328 g/mol. The van der Waals surface area contributed by atoms with Gasteiger partial charge in [0.1, 0.15) is 17.3 Å². The Morgan fingerprint density at radius 1 is 0.958 bits per heavy atom. The third-order valence-electron chi connectivity index (χ3n) is 5.97. The molecule has 0 spiro atoms. The smallest absolute Gasteiger partial charge is 0.139 e. The van der Waals surface area contributed by atoms with Crippen molar-refractivity contribution >= 4 is 11.6 Å². The Morgan fingerprint density at radius 2 is 1.58 bits per heavy atom. The number of carbonyl (C=O) groups excluding carboxylic acids is 2. The van der Waals surface area contributed by atoms with E-state index in [1.807, 2.05) is 24.3 Å². The number of Topliss-reactive ketones (excluding diaryl/α,β-unsaturated/α-hetero) is 2. The first-order valence-electron chi connectivity index (χ1n) is 9.04. The molecule has 4 unspecified atom stereocenters. The van der Waals surface area contributed by atoms with E-state index in [1.165, 1.54) is 0 Å². The SMILES string of the molecule is COc1cccc(C2C3C(=O)CCCC3OC3CCCC(=O)C32)c1. The second-order valence-corrected chi connectivity index (χ2v) is 7.28. The number of hydrogen-bond donors (Lipinski definition) is 0. The largest absolute Gasteiger partial charge is 0.497 e. The van der Waals surface area contributed by atoms with Gasteiger partial charge < -0.3 is 9.47 Å². The number of ketones is 2. The van der Waals surface area contributed by atoms with Crippen LogP contribution in [0.5, 0.6) is 5.75 Å². The highest BCUT2D eigenvalue weighted by Gasteiger charge is 2.53. The molecule has 4 nitrogen and oxygen atoms in total. The molecule has 0 amide bonds. The van der Waals surface area contributed by atoms with Gasteiger partial charge >= 0.3 is 0 Å². The molecule has 3 fully saturated rings. The zero-order chi connectivity index (χ0) is 16.7. The number of rotatable bonds is 2. The molecule has 0 radical (unpaired) electrons. The molecule has 4 rings (SSSR count). The van der Waals surface area contributed by atoms with Gasteiger partial charge in [0.2, 0.25) is 0 Å². The van der Waals surface area contributed by atoms with Crippen LogP contribution in [0.25, 0.3) is 0 Å². The van der Waals surface area contributed by atoms with E-state index in [2.05, 4.69) is 0 Å². The minimum atomic E-state index is -0.186. The lowest BCUT2D eigenvalue weighted by Gasteiger charge is -2.49. The second kappa shape index (κ2) is 6.32. The summed E-state index contributed by atoms with van der Waals surface area (Å²) in [6, 6.07) is 7.89. The molecule has 4 heteroatoms. The Labute approximate surface area is 142 Å².